The zero-order valence-electron chi connectivity index (χ0n) is 16.0. The monoisotopic (exact) mass is 330 g/mol. The second kappa shape index (κ2) is 14.4. The maximum Gasteiger partial charge on any atom is 0.137 e. The first-order valence-corrected chi connectivity index (χ1v) is 9.62. The lowest BCUT2D eigenvalue weighted by molar-refractivity contribution is 0.214. The van der Waals surface area contributed by atoms with E-state index in [9.17, 15) is 4.39 Å². The predicted octanol–water partition coefficient (Wildman–Crippen LogP) is 7.76. The summed E-state index contributed by atoms with van der Waals surface area (Å²) in [6.07, 6.45) is 12.8. The molecular formula is C20H39FS. The average molecular weight is 331 g/mol. The van der Waals surface area contributed by atoms with Crippen LogP contribution in [0.3, 0.4) is 0 Å². The van der Waals surface area contributed by atoms with Gasteiger partial charge in [-0.05, 0) is 18.3 Å². The molecule has 22 heavy (non-hydrogen) atoms. The van der Waals surface area contributed by atoms with Gasteiger partial charge in [0.2, 0.25) is 0 Å². The molecule has 0 nitrogen and oxygen atoms in total. The van der Waals surface area contributed by atoms with Gasteiger partial charge >= 0.3 is 0 Å². The minimum atomic E-state index is -0.890. The van der Waals surface area contributed by atoms with Crippen LogP contribution in [0.1, 0.15) is 87.0 Å². The van der Waals surface area contributed by atoms with Crippen molar-refractivity contribution in [2.45, 2.75) is 93.2 Å². The van der Waals surface area contributed by atoms with Crippen LogP contribution >= 0.6 is 12.6 Å². The molecule has 0 amide bonds. The molecule has 0 saturated carbocycles. The van der Waals surface area contributed by atoms with E-state index in [0.29, 0.717) is 10.3 Å². The minimum absolute atomic E-state index is 0.0116. The Balaban J connectivity index is 0. The molecular weight excluding hydrogens is 291 g/mol. The molecule has 0 aromatic carbocycles. The Morgan fingerprint density at radius 1 is 1.05 bits per heavy atom. The van der Waals surface area contributed by atoms with Gasteiger partial charge in [0.05, 0.1) is 0 Å². The number of alkyl halides is 1. The number of allylic oxidation sites excluding steroid dienone is 4. The summed E-state index contributed by atoms with van der Waals surface area (Å²) >= 11 is 3.95. The molecule has 0 saturated heterocycles. The van der Waals surface area contributed by atoms with Crippen LogP contribution < -0.4 is 0 Å². The normalized spacial score (nSPS) is 20.3. The van der Waals surface area contributed by atoms with Crippen LogP contribution in [0.4, 0.5) is 4.39 Å². The lowest BCUT2D eigenvalue weighted by atomic mass is 9.75. The summed E-state index contributed by atoms with van der Waals surface area (Å²) in [7, 11) is 0. The third kappa shape index (κ3) is 9.02. The fourth-order valence-corrected chi connectivity index (χ4v) is 3.25. The number of halogens is 1. The van der Waals surface area contributed by atoms with Crippen molar-refractivity contribution < 1.29 is 4.39 Å². The Hall–Kier alpha value is -0.240. The highest BCUT2D eigenvalue weighted by Gasteiger charge is 2.23. The molecule has 2 unspecified atom stereocenters. The van der Waals surface area contributed by atoms with E-state index in [0.717, 1.165) is 0 Å². The molecule has 0 bridgehead atoms. The molecule has 1 aliphatic rings. The van der Waals surface area contributed by atoms with Crippen LogP contribution in [0.5, 0.6) is 0 Å². The van der Waals surface area contributed by atoms with Gasteiger partial charge in [0.25, 0.3) is 0 Å². The van der Waals surface area contributed by atoms with Gasteiger partial charge in [0, 0.05) is 10.8 Å². The van der Waals surface area contributed by atoms with E-state index < -0.39 is 6.17 Å². The molecule has 0 heterocycles. The first-order chi connectivity index (χ1) is 10.5. The van der Waals surface area contributed by atoms with Crippen LogP contribution in [0, 0.1) is 11.3 Å². The van der Waals surface area contributed by atoms with Gasteiger partial charge in [0.15, 0.2) is 0 Å². The van der Waals surface area contributed by atoms with E-state index in [2.05, 4.69) is 40.3 Å². The Bertz CT molecular complexity index is 295. The summed E-state index contributed by atoms with van der Waals surface area (Å²) in [6, 6.07) is 0. The number of hydrogen-bond acceptors (Lipinski definition) is 1. The second-order valence-electron chi connectivity index (χ2n) is 5.94. The highest BCUT2D eigenvalue weighted by molar-refractivity contribution is 7.84. The molecule has 0 aromatic rings. The fourth-order valence-electron chi connectivity index (χ4n) is 2.93. The SMILES string of the molecule is CC.CC1C=CC=C(S)C1F.CCCC(CC)(CC)CCC. The zero-order chi connectivity index (χ0) is 17.6. The summed E-state index contributed by atoms with van der Waals surface area (Å²) in [5.74, 6) is -0.0116. The number of thiol groups is 1. The quantitative estimate of drug-likeness (QED) is 0.472. The van der Waals surface area contributed by atoms with Gasteiger partial charge in [-0.2, -0.15) is 0 Å². The van der Waals surface area contributed by atoms with Gasteiger partial charge in [-0.1, -0.05) is 92.4 Å². The van der Waals surface area contributed by atoms with Crippen LogP contribution in [0.15, 0.2) is 23.1 Å². The van der Waals surface area contributed by atoms with Gasteiger partial charge in [0.1, 0.15) is 6.17 Å². The smallest absolute Gasteiger partial charge is 0.137 e. The maximum atomic E-state index is 12.8. The van der Waals surface area contributed by atoms with Crippen molar-refractivity contribution in [1.82, 2.24) is 0 Å². The molecule has 2 atom stereocenters. The van der Waals surface area contributed by atoms with Gasteiger partial charge < -0.3 is 0 Å². The van der Waals surface area contributed by atoms with E-state index in [-0.39, 0.29) is 5.92 Å². The molecule has 0 aliphatic heterocycles. The van der Waals surface area contributed by atoms with Crippen molar-refractivity contribution in [3.63, 3.8) is 0 Å². The highest BCUT2D eigenvalue weighted by atomic mass is 32.1. The van der Waals surface area contributed by atoms with Gasteiger partial charge in [-0.15, -0.1) is 12.6 Å². The second-order valence-corrected chi connectivity index (χ2v) is 6.46. The molecule has 1 aliphatic carbocycles. The number of hydrogen-bond donors (Lipinski definition) is 1. The van der Waals surface area contributed by atoms with E-state index in [1.54, 1.807) is 6.08 Å². The predicted molar refractivity (Wildman–Crippen MR) is 104 cm³/mol. The molecule has 0 N–H and O–H groups in total. The highest BCUT2D eigenvalue weighted by Crippen LogP contribution is 2.36. The Morgan fingerprint density at radius 2 is 1.50 bits per heavy atom. The minimum Gasteiger partial charge on any atom is -0.241 e. The first kappa shape index (κ1) is 24.0. The Morgan fingerprint density at radius 3 is 1.77 bits per heavy atom. The summed E-state index contributed by atoms with van der Waals surface area (Å²) in [4.78, 5) is 0.532. The van der Waals surface area contributed by atoms with Crippen molar-refractivity contribution in [2.75, 3.05) is 0 Å². The third-order valence-corrected chi connectivity index (χ3v) is 4.88. The first-order valence-electron chi connectivity index (χ1n) is 9.17. The van der Waals surface area contributed by atoms with Crippen molar-refractivity contribution in [1.29, 1.82) is 0 Å². The average Bonchev–Trinajstić information content (AvgIpc) is 2.55. The summed E-state index contributed by atoms with van der Waals surface area (Å²) < 4.78 is 12.8. The Labute approximate surface area is 145 Å². The zero-order valence-corrected chi connectivity index (χ0v) is 16.8. The third-order valence-electron chi connectivity index (χ3n) is 4.49. The molecule has 0 radical (unpaired) electrons. The van der Waals surface area contributed by atoms with Crippen LogP contribution in [0.25, 0.3) is 0 Å². The Kier molecular flexibility index (Phi) is 15.7. The van der Waals surface area contributed by atoms with Crippen molar-refractivity contribution in [2.24, 2.45) is 11.3 Å². The van der Waals surface area contributed by atoms with Gasteiger partial charge in [-0.3, -0.25) is 0 Å². The van der Waals surface area contributed by atoms with Crippen molar-refractivity contribution >= 4 is 12.6 Å². The lowest BCUT2D eigenvalue weighted by Crippen LogP contribution is -2.17. The largest absolute Gasteiger partial charge is 0.241 e. The number of rotatable bonds is 6. The lowest BCUT2D eigenvalue weighted by Gasteiger charge is -2.31. The van der Waals surface area contributed by atoms with E-state index in [4.69, 9.17) is 0 Å². The molecule has 2 heteroatoms. The van der Waals surface area contributed by atoms with Crippen molar-refractivity contribution in [3.8, 4) is 0 Å². The molecule has 1 rings (SSSR count). The van der Waals surface area contributed by atoms with E-state index in [1.807, 2.05) is 32.9 Å². The van der Waals surface area contributed by atoms with Crippen LogP contribution in [-0.4, -0.2) is 6.17 Å². The van der Waals surface area contributed by atoms with E-state index >= 15 is 0 Å². The fraction of sp³-hybridized carbons (Fsp3) is 0.800. The standard InChI is InChI=1S/C11H24.C7H9FS.C2H6/c1-5-9-11(7-3,8-4)10-6-2;1-5-3-2-4-6(9)7(5)8;1-2/h5-10H2,1-4H3;2-5,7,9H,1H3;1-2H3. The van der Waals surface area contributed by atoms with Crippen LogP contribution in [0.2, 0.25) is 0 Å². The molecule has 0 spiro atoms. The summed E-state index contributed by atoms with van der Waals surface area (Å²) in [5.41, 5.74) is 0.684. The van der Waals surface area contributed by atoms with E-state index in [1.165, 1.54) is 38.5 Å². The topological polar surface area (TPSA) is 0 Å². The summed E-state index contributed by atoms with van der Waals surface area (Å²) in [5, 5.41) is 0. The van der Waals surface area contributed by atoms with Crippen LogP contribution in [-0.2, 0) is 0 Å². The molecule has 0 aromatic heterocycles. The molecule has 132 valence electrons. The molecule has 0 fully saturated rings. The summed E-state index contributed by atoms with van der Waals surface area (Å²) in [6.45, 7) is 15.1. The van der Waals surface area contributed by atoms with Gasteiger partial charge in [-0.25, -0.2) is 4.39 Å². The van der Waals surface area contributed by atoms with Crippen molar-refractivity contribution in [3.05, 3.63) is 23.1 Å². The maximum absolute atomic E-state index is 12.8.